The molecule has 2 rings (SSSR count). The molecule has 6 nitrogen and oxygen atoms in total. The largest absolute Gasteiger partial charge is 0.480 e. The molecule has 2 aromatic rings. The van der Waals surface area contributed by atoms with E-state index in [-0.39, 0.29) is 5.69 Å². The van der Waals surface area contributed by atoms with E-state index in [1.807, 2.05) is 0 Å². The number of benzene rings is 1. The Morgan fingerprint density at radius 3 is 2.65 bits per heavy atom. The van der Waals surface area contributed by atoms with Crippen LogP contribution in [0.4, 0.5) is 5.69 Å². The fourth-order valence-electron chi connectivity index (χ4n) is 1.55. The Labute approximate surface area is 123 Å². The maximum Gasteiger partial charge on any atom is 0.325 e. The van der Waals surface area contributed by atoms with Crippen molar-refractivity contribution in [1.29, 1.82) is 0 Å². The van der Waals surface area contributed by atoms with Crippen LogP contribution in [0.1, 0.15) is 10.5 Å². The van der Waals surface area contributed by atoms with Crippen LogP contribution in [0.2, 0.25) is 10.0 Å². The van der Waals surface area contributed by atoms with Crippen molar-refractivity contribution in [3.05, 3.63) is 46.2 Å². The number of rotatable bonds is 4. The molecule has 0 unspecified atom stereocenters. The summed E-state index contributed by atoms with van der Waals surface area (Å²) < 4.78 is 1.09. The minimum Gasteiger partial charge on any atom is -0.480 e. The monoisotopic (exact) mass is 313 g/mol. The van der Waals surface area contributed by atoms with E-state index in [0.29, 0.717) is 15.7 Å². The molecule has 2 N–H and O–H groups in total. The second-order valence-corrected chi connectivity index (χ2v) is 4.67. The number of halogens is 2. The van der Waals surface area contributed by atoms with E-state index in [9.17, 15) is 9.59 Å². The highest BCUT2D eigenvalue weighted by atomic mass is 35.5. The van der Waals surface area contributed by atoms with Crippen LogP contribution in [-0.4, -0.2) is 26.8 Å². The fraction of sp³-hybridized carbons (Fsp3) is 0.0833. The zero-order chi connectivity index (χ0) is 14.7. The number of amides is 1. The summed E-state index contributed by atoms with van der Waals surface area (Å²) in [6, 6.07) is 6.06. The van der Waals surface area contributed by atoms with E-state index < -0.39 is 18.4 Å². The molecule has 1 aromatic heterocycles. The Morgan fingerprint density at radius 1 is 1.25 bits per heavy atom. The highest BCUT2D eigenvalue weighted by Gasteiger charge is 2.14. The molecule has 0 spiro atoms. The molecule has 0 aliphatic rings. The molecule has 1 aromatic carbocycles. The van der Waals surface area contributed by atoms with Crippen LogP contribution in [0.25, 0.3) is 0 Å². The van der Waals surface area contributed by atoms with Gasteiger partial charge in [0.25, 0.3) is 5.91 Å². The Hall–Kier alpha value is -2.05. The molecule has 0 saturated carbocycles. The zero-order valence-corrected chi connectivity index (χ0v) is 11.5. The van der Waals surface area contributed by atoms with Gasteiger partial charge < -0.3 is 10.4 Å². The molecule has 0 aliphatic carbocycles. The van der Waals surface area contributed by atoms with Gasteiger partial charge in [-0.2, -0.15) is 5.10 Å². The fourth-order valence-corrected chi connectivity index (χ4v) is 1.85. The summed E-state index contributed by atoms with van der Waals surface area (Å²) in [5.41, 5.74) is 0.589. The molecule has 0 radical (unpaired) electrons. The highest BCUT2D eigenvalue weighted by Crippen LogP contribution is 2.25. The number of carbonyl (C=O) groups is 2. The molecule has 0 fully saturated rings. The SMILES string of the molecule is O=C(O)Cn1nccc1C(=O)Nc1ccc(Cl)c(Cl)c1. The predicted octanol–water partition coefficient (Wildman–Crippen LogP) is 2.53. The van der Waals surface area contributed by atoms with E-state index in [1.165, 1.54) is 18.3 Å². The number of nitrogens with one attached hydrogen (secondary N) is 1. The standard InChI is InChI=1S/C12H9Cl2N3O3/c13-8-2-1-7(5-9(8)14)16-12(20)10-3-4-15-17(10)6-11(18)19/h1-5H,6H2,(H,16,20)(H,18,19). The number of hydrogen-bond donors (Lipinski definition) is 2. The van der Waals surface area contributed by atoms with Gasteiger partial charge in [0.05, 0.1) is 10.0 Å². The van der Waals surface area contributed by atoms with Crippen molar-refractivity contribution >= 4 is 40.8 Å². The van der Waals surface area contributed by atoms with Gasteiger partial charge in [0.2, 0.25) is 0 Å². The van der Waals surface area contributed by atoms with Gasteiger partial charge in [-0.15, -0.1) is 0 Å². The normalized spacial score (nSPS) is 10.3. The topological polar surface area (TPSA) is 84.2 Å². The van der Waals surface area contributed by atoms with E-state index in [1.54, 1.807) is 12.1 Å². The number of nitrogens with zero attached hydrogens (tertiary/aromatic N) is 2. The van der Waals surface area contributed by atoms with Crippen molar-refractivity contribution in [2.24, 2.45) is 0 Å². The lowest BCUT2D eigenvalue weighted by molar-refractivity contribution is -0.137. The third-order valence-electron chi connectivity index (χ3n) is 2.41. The van der Waals surface area contributed by atoms with Crippen LogP contribution < -0.4 is 5.32 Å². The first kappa shape index (κ1) is 14.4. The summed E-state index contributed by atoms with van der Waals surface area (Å²) in [4.78, 5) is 22.7. The lowest BCUT2D eigenvalue weighted by Gasteiger charge is -2.07. The Morgan fingerprint density at radius 2 is 2.00 bits per heavy atom. The average molecular weight is 314 g/mol. The molecule has 1 heterocycles. The number of carbonyl (C=O) groups excluding carboxylic acids is 1. The van der Waals surface area contributed by atoms with Crippen molar-refractivity contribution in [3.63, 3.8) is 0 Å². The lowest BCUT2D eigenvalue weighted by Crippen LogP contribution is -2.20. The molecule has 0 saturated heterocycles. The molecular formula is C12H9Cl2N3O3. The number of carboxylic acid groups (broad SMARTS) is 1. The van der Waals surface area contributed by atoms with Gasteiger partial charge in [-0.05, 0) is 24.3 Å². The zero-order valence-electron chi connectivity index (χ0n) is 10.0. The molecular weight excluding hydrogens is 305 g/mol. The van der Waals surface area contributed by atoms with E-state index in [0.717, 1.165) is 4.68 Å². The minimum absolute atomic E-state index is 0.137. The van der Waals surface area contributed by atoms with Crippen LogP contribution in [0.15, 0.2) is 30.5 Å². The summed E-state index contributed by atoms with van der Waals surface area (Å²) >= 11 is 11.6. The van der Waals surface area contributed by atoms with Crippen LogP contribution in [0.3, 0.4) is 0 Å². The molecule has 0 aliphatic heterocycles. The molecule has 8 heteroatoms. The maximum absolute atomic E-state index is 12.0. The third-order valence-corrected chi connectivity index (χ3v) is 3.15. The smallest absolute Gasteiger partial charge is 0.325 e. The van der Waals surface area contributed by atoms with Crippen LogP contribution in [0, 0.1) is 0 Å². The van der Waals surface area contributed by atoms with E-state index >= 15 is 0 Å². The van der Waals surface area contributed by atoms with Gasteiger partial charge in [-0.25, -0.2) is 4.68 Å². The maximum atomic E-state index is 12.0. The van der Waals surface area contributed by atoms with Crippen LogP contribution >= 0.6 is 23.2 Å². The number of aromatic nitrogens is 2. The lowest BCUT2D eigenvalue weighted by atomic mass is 10.3. The molecule has 0 bridgehead atoms. The summed E-state index contributed by atoms with van der Waals surface area (Å²) in [6.45, 7) is -0.392. The number of anilines is 1. The molecule has 1 amide bonds. The van der Waals surface area contributed by atoms with Gasteiger partial charge in [0.15, 0.2) is 0 Å². The van der Waals surface area contributed by atoms with Gasteiger partial charge in [0, 0.05) is 11.9 Å². The second-order valence-electron chi connectivity index (χ2n) is 3.85. The van der Waals surface area contributed by atoms with Crippen molar-refractivity contribution in [1.82, 2.24) is 9.78 Å². The van der Waals surface area contributed by atoms with Crippen molar-refractivity contribution in [2.45, 2.75) is 6.54 Å². The van der Waals surface area contributed by atoms with E-state index in [2.05, 4.69) is 10.4 Å². The Bertz CT molecular complexity index is 670. The van der Waals surface area contributed by atoms with Gasteiger partial charge in [0.1, 0.15) is 12.2 Å². The highest BCUT2D eigenvalue weighted by molar-refractivity contribution is 6.42. The third kappa shape index (κ3) is 3.28. The summed E-state index contributed by atoms with van der Waals surface area (Å²) in [5, 5.41) is 15.8. The van der Waals surface area contributed by atoms with E-state index in [4.69, 9.17) is 28.3 Å². The van der Waals surface area contributed by atoms with Crippen molar-refractivity contribution in [2.75, 3.05) is 5.32 Å². The first-order valence-electron chi connectivity index (χ1n) is 5.47. The van der Waals surface area contributed by atoms with Gasteiger partial charge in [-0.1, -0.05) is 23.2 Å². The predicted molar refractivity (Wildman–Crippen MR) is 74.3 cm³/mol. The second kappa shape index (κ2) is 5.94. The quantitative estimate of drug-likeness (QED) is 0.908. The number of aliphatic carboxylic acids is 1. The van der Waals surface area contributed by atoms with Gasteiger partial charge >= 0.3 is 5.97 Å². The molecule has 0 atom stereocenters. The minimum atomic E-state index is -1.09. The summed E-state index contributed by atoms with van der Waals surface area (Å²) in [7, 11) is 0. The Balaban J connectivity index is 2.17. The van der Waals surface area contributed by atoms with Crippen LogP contribution in [-0.2, 0) is 11.3 Å². The molecule has 20 heavy (non-hydrogen) atoms. The Kier molecular flexibility index (Phi) is 4.26. The number of carboxylic acids is 1. The average Bonchev–Trinajstić information content (AvgIpc) is 2.81. The first-order chi connectivity index (χ1) is 9.47. The molecule has 104 valence electrons. The van der Waals surface area contributed by atoms with Crippen molar-refractivity contribution in [3.8, 4) is 0 Å². The number of hydrogen-bond acceptors (Lipinski definition) is 3. The summed E-state index contributed by atoms with van der Waals surface area (Å²) in [6.07, 6.45) is 1.35. The first-order valence-corrected chi connectivity index (χ1v) is 6.23. The summed E-state index contributed by atoms with van der Waals surface area (Å²) in [5.74, 6) is -1.57. The van der Waals surface area contributed by atoms with Gasteiger partial charge in [-0.3, -0.25) is 9.59 Å². The van der Waals surface area contributed by atoms with Crippen LogP contribution in [0.5, 0.6) is 0 Å². The van der Waals surface area contributed by atoms with Crippen molar-refractivity contribution < 1.29 is 14.7 Å².